The van der Waals surface area contributed by atoms with E-state index < -0.39 is 118 Å². The monoisotopic (exact) mass is 731 g/mol. The second-order valence-electron chi connectivity index (χ2n) is 10.8. The Morgan fingerprint density at radius 2 is 1.92 bits per heavy atom. The van der Waals surface area contributed by atoms with Crippen molar-refractivity contribution < 1.29 is 78.1 Å². The van der Waals surface area contributed by atoms with Crippen molar-refractivity contribution in [2.45, 2.75) is 80.0 Å². The average molecular weight is 732 g/mol. The Hall–Kier alpha value is -2.77. The average Bonchev–Trinajstić information content (AvgIpc) is 3.30. The third kappa shape index (κ3) is 9.68. The van der Waals surface area contributed by atoms with E-state index in [0.29, 0.717) is 12.2 Å². The van der Waals surface area contributed by atoms with Gasteiger partial charge in [0.1, 0.15) is 42.4 Å². The zero-order valence-corrected chi connectivity index (χ0v) is 26.7. The minimum absolute atomic E-state index is 0.0465. The van der Waals surface area contributed by atoms with Crippen LogP contribution in [0.25, 0.3) is 0 Å². The zero-order chi connectivity index (χ0) is 36.0. The first-order valence-electron chi connectivity index (χ1n) is 14.2. The van der Waals surface area contributed by atoms with E-state index >= 15 is 0 Å². The number of rotatable bonds is 16. The van der Waals surface area contributed by atoms with Crippen LogP contribution in [0.5, 0.6) is 0 Å². The second kappa shape index (κ2) is 16.8. The van der Waals surface area contributed by atoms with Crippen LogP contribution in [0.4, 0.5) is 5.82 Å². The van der Waals surface area contributed by atoms with Gasteiger partial charge in [0.15, 0.2) is 6.23 Å². The third-order valence-electron chi connectivity index (χ3n) is 7.28. The molecule has 3 heterocycles. The van der Waals surface area contributed by atoms with Gasteiger partial charge in [0.2, 0.25) is 11.8 Å². The molecule has 2 aliphatic rings. The number of nitrogens with zero attached hydrogens (tertiary/aromatic N) is 2. The molecule has 1 aromatic heterocycles. The molecule has 2 amide bonds. The summed E-state index contributed by atoms with van der Waals surface area (Å²) in [6, 6.07) is -0.540. The summed E-state index contributed by atoms with van der Waals surface area (Å²) < 4.78 is 34.1. The van der Waals surface area contributed by atoms with Gasteiger partial charge in [-0.3, -0.25) is 18.7 Å². The van der Waals surface area contributed by atoms with Crippen molar-refractivity contribution in [2.75, 3.05) is 31.2 Å². The highest BCUT2D eigenvalue weighted by Crippen LogP contribution is 2.51. The van der Waals surface area contributed by atoms with Crippen molar-refractivity contribution in [1.82, 2.24) is 20.2 Å². The van der Waals surface area contributed by atoms with E-state index in [1.165, 1.54) is 6.07 Å². The lowest BCUT2D eigenvalue weighted by Crippen LogP contribution is -2.68. The molecule has 12 N–H and O–H groups in total. The number of aliphatic hydroxyl groups excluding tert-OH is 6. The fourth-order valence-corrected chi connectivity index (χ4v) is 5.94. The van der Waals surface area contributed by atoms with Gasteiger partial charge in [0.25, 0.3) is 5.79 Å². The molecule has 272 valence electrons. The van der Waals surface area contributed by atoms with Crippen molar-refractivity contribution >= 4 is 44.1 Å². The van der Waals surface area contributed by atoms with Gasteiger partial charge >= 0.3 is 19.5 Å². The Labute approximate surface area is 276 Å². The van der Waals surface area contributed by atoms with Gasteiger partial charge in [0, 0.05) is 19.0 Å². The number of aliphatic hydroxyl groups is 6. The summed E-state index contributed by atoms with van der Waals surface area (Å²) in [4.78, 5) is 62.8. The first-order valence-corrected chi connectivity index (χ1v) is 16.4. The van der Waals surface area contributed by atoms with Crippen LogP contribution in [-0.2, 0) is 37.5 Å². The number of ether oxygens (including phenoxy) is 2. The second-order valence-corrected chi connectivity index (χ2v) is 12.6. The molecule has 24 heteroatoms. The summed E-state index contributed by atoms with van der Waals surface area (Å²) in [5.74, 6) is -6.65. The molecule has 2 saturated heterocycles. The number of phosphoric acid groups is 1. The number of aromatic nitrogens is 2. The van der Waals surface area contributed by atoms with Crippen molar-refractivity contribution in [3.05, 3.63) is 22.7 Å². The molecular weight excluding hydrogens is 693 g/mol. The number of nitrogen functional groups attached to an aromatic ring is 1. The van der Waals surface area contributed by atoms with Crippen LogP contribution in [0, 0.1) is 0 Å². The molecule has 22 nitrogen and oxygen atoms in total. The van der Waals surface area contributed by atoms with Crippen molar-refractivity contribution in [1.29, 1.82) is 0 Å². The van der Waals surface area contributed by atoms with E-state index in [2.05, 4.69) is 28.2 Å². The predicted octanol–water partition coefficient (Wildman–Crippen LogP) is -5.47. The maximum Gasteiger partial charge on any atom is 0.475 e. The molecule has 48 heavy (non-hydrogen) atoms. The number of nitrogens with two attached hydrogens (primary N) is 1. The van der Waals surface area contributed by atoms with Gasteiger partial charge in [-0.05, 0) is 18.2 Å². The van der Waals surface area contributed by atoms with Gasteiger partial charge in [0.05, 0.1) is 31.9 Å². The molecule has 0 radical (unpaired) electrons. The first kappa shape index (κ1) is 39.7. The maximum atomic E-state index is 13.0. The molecule has 1 aromatic rings. The Morgan fingerprint density at radius 3 is 2.52 bits per heavy atom. The number of nitrogens with one attached hydrogen (secondary N) is 2. The van der Waals surface area contributed by atoms with Gasteiger partial charge in [-0.1, -0.05) is 0 Å². The van der Waals surface area contributed by atoms with E-state index in [-0.39, 0.29) is 12.2 Å². The lowest BCUT2D eigenvalue weighted by atomic mass is 9.88. The van der Waals surface area contributed by atoms with E-state index in [4.69, 9.17) is 24.3 Å². The van der Waals surface area contributed by atoms with Crippen molar-refractivity contribution in [2.24, 2.45) is 0 Å². The van der Waals surface area contributed by atoms with E-state index in [9.17, 15) is 64.4 Å². The lowest BCUT2D eigenvalue weighted by Gasteiger charge is -2.46. The first-order chi connectivity index (χ1) is 22.4. The molecule has 0 saturated carbocycles. The third-order valence-corrected chi connectivity index (χ3v) is 8.60. The normalized spacial score (nSPS) is 31.4. The molecule has 0 aromatic carbocycles. The van der Waals surface area contributed by atoms with E-state index in [1.54, 1.807) is 0 Å². The summed E-state index contributed by atoms with van der Waals surface area (Å²) in [5.41, 5.74) is 4.46. The molecule has 3 unspecified atom stereocenters. The highest BCUT2D eigenvalue weighted by molar-refractivity contribution is 7.80. The minimum atomic E-state index is -5.60. The number of carboxylic acid groups (broad SMARTS) is 1. The van der Waals surface area contributed by atoms with Gasteiger partial charge in [-0.25, -0.2) is 18.7 Å². The SMILES string of the molecule is Nc1ccn([C@@H]2O[C@H](COP(=O)(O)O[C@@]3(C(=O)O)CC(O)[C@@H](NC(=O)CNC(=O)CCCS)C([C@H](O)[C@H](O)CO)O3)[C@H](O)[C@@H]2O)c(=O)n1. The zero-order valence-electron chi connectivity index (χ0n) is 24.9. The number of aliphatic carboxylic acids is 1. The highest BCUT2D eigenvalue weighted by Gasteiger charge is 2.59. The van der Waals surface area contributed by atoms with Crippen LogP contribution in [-0.4, -0.2) is 148 Å². The fourth-order valence-electron chi connectivity index (χ4n) is 4.83. The van der Waals surface area contributed by atoms with Crippen LogP contribution >= 0.6 is 20.5 Å². The molecule has 0 aliphatic carbocycles. The van der Waals surface area contributed by atoms with Gasteiger partial charge in [-0.15, -0.1) is 0 Å². The largest absolute Gasteiger partial charge is 0.477 e. The predicted molar refractivity (Wildman–Crippen MR) is 159 cm³/mol. The number of amides is 2. The molecule has 3 rings (SSSR count). The smallest absolute Gasteiger partial charge is 0.475 e. The molecular formula is C24H38N5O17PS. The summed E-state index contributed by atoms with van der Waals surface area (Å²) in [6.45, 7) is -2.80. The summed E-state index contributed by atoms with van der Waals surface area (Å²) >= 11 is 3.97. The van der Waals surface area contributed by atoms with Crippen molar-refractivity contribution in [3.8, 4) is 0 Å². The van der Waals surface area contributed by atoms with Crippen LogP contribution in [0.15, 0.2) is 17.1 Å². The van der Waals surface area contributed by atoms with Crippen LogP contribution in [0.3, 0.4) is 0 Å². The topological polar surface area (TPSA) is 352 Å². The maximum absolute atomic E-state index is 13.0. The lowest BCUT2D eigenvalue weighted by molar-refractivity contribution is -0.289. The quantitative estimate of drug-likeness (QED) is 0.0557. The number of carbonyl (C=O) groups is 3. The Balaban J connectivity index is 1.76. The molecule has 2 fully saturated rings. The van der Waals surface area contributed by atoms with Crippen LogP contribution in [0.1, 0.15) is 25.5 Å². The van der Waals surface area contributed by atoms with Crippen LogP contribution in [0.2, 0.25) is 0 Å². The number of hydrogen-bond donors (Lipinski definition) is 12. The number of anilines is 1. The van der Waals surface area contributed by atoms with E-state index in [1.807, 2.05) is 0 Å². The number of carboxylic acids is 1. The Morgan fingerprint density at radius 1 is 1.23 bits per heavy atom. The number of carbonyl (C=O) groups excluding carboxylic acids is 2. The summed E-state index contributed by atoms with van der Waals surface area (Å²) in [7, 11) is -5.60. The number of thiol groups is 1. The van der Waals surface area contributed by atoms with E-state index in [0.717, 1.165) is 10.8 Å². The van der Waals surface area contributed by atoms with Gasteiger partial charge in [-0.2, -0.15) is 17.6 Å². The number of phosphoric ester groups is 1. The van der Waals surface area contributed by atoms with Crippen molar-refractivity contribution in [3.63, 3.8) is 0 Å². The summed E-state index contributed by atoms with van der Waals surface area (Å²) in [6.07, 6.45) is -14.8. The summed E-state index contributed by atoms with van der Waals surface area (Å²) in [5, 5.41) is 76.2. The number of hydrogen-bond acceptors (Lipinski definition) is 18. The standard InChI is InChI=1S/C24H38N5O17PS/c25-13-3-4-29(23(40)27-13)21-19(37)18(36)12(44-21)9-43-47(41,42)46-24(22(38)39)6-10(31)16(20(45-24)17(35)11(32)8-30)28-15(34)7-26-14(33)2-1-5-48/h3-4,10-12,16-21,30-32,35-37,48H,1-2,5-9H2,(H,26,33)(H,28,34)(H,38,39)(H,41,42)(H2,25,27,40)/t10?,11-,12-,16-,17-,18+,19+,20?,21-,24-/m1/s1. The Kier molecular flexibility index (Phi) is 13.8. The van der Waals surface area contributed by atoms with Gasteiger partial charge < -0.3 is 66.5 Å². The molecule has 11 atom stereocenters. The van der Waals surface area contributed by atoms with Crippen LogP contribution < -0.4 is 22.1 Å². The Bertz CT molecular complexity index is 1410. The molecule has 2 aliphatic heterocycles. The highest BCUT2D eigenvalue weighted by atomic mass is 32.1. The molecule has 0 spiro atoms. The fraction of sp³-hybridized carbons (Fsp3) is 0.708. The minimum Gasteiger partial charge on any atom is -0.477 e. The molecule has 0 bridgehead atoms.